The zero-order valence-corrected chi connectivity index (χ0v) is 11.5. The van der Waals surface area contributed by atoms with E-state index in [4.69, 9.17) is 4.74 Å². The number of methoxy groups -OCH3 is 1. The molecule has 0 spiro atoms. The lowest BCUT2D eigenvalue weighted by molar-refractivity contribution is 0.0981. The molecule has 0 aliphatic carbocycles. The van der Waals surface area contributed by atoms with Crippen molar-refractivity contribution in [1.29, 1.82) is 0 Å². The Labute approximate surface area is 104 Å². The molecule has 0 saturated carbocycles. The predicted octanol–water partition coefficient (Wildman–Crippen LogP) is 3.98. The lowest BCUT2D eigenvalue weighted by atomic mass is 9.84. The Balaban J connectivity index is 3.18. The van der Waals surface area contributed by atoms with E-state index in [0.717, 1.165) is 23.3 Å². The maximum Gasteiger partial charge on any atom is 0.162 e. The first-order valence-corrected chi connectivity index (χ1v) is 6.12. The Hall–Kier alpha value is -1.31. The van der Waals surface area contributed by atoms with Gasteiger partial charge >= 0.3 is 0 Å². The fraction of sp³-hybridized carbons (Fsp3) is 0.533. The Morgan fingerprint density at radius 3 is 2.41 bits per heavy atom. The zero-order valence-electron chi connectivity index (χ0n) is 11.5. The molecule has 0 unspecified atom stereocenters. The van der Waals surface area contributed by atoms with Gasteiger partial charge in [0, 0.05) is 17.5 Å². The molecule has 0 amide bonds. The third kappa shape index (κ3) is 3.32. The number of ether oxygens (including phenoxy) is 1. The summed E-state index contributed by atoms with van der Waals surface area (Å²) in [5.41, 5.74) is 1.85. The maximum absolute atomic E-state index is 11.9. The summed E-state index contributed by atoms with van der Waals surface area (Å²) in [4.78, 5) is 11.9. The van der Waals surface area contributed by atoms with Gasteiger partial charge in [0.1, 0.15) is 5.75 Å². The van der Waals surface area contributed by atoms with Crippen LogP contribution in [0, 0.1) is 0 Å². The van der Waals surface area contributed by atoms with E-state index in [1.807, 2.05) is 25.1 Å². The number of carbonyl (C=O) groups excluding carboxylic acids is 1. The van der Waals surface area contributed by atoms with Crippen molar-refractivity contribution < 1.29 is 9.53 Å². The number of ketones is 1. The second-order valence-corrected chi connectivity index (χ2v) is 5.34. The van der Waals surface area contributed by atoms with Crippen LogP contribution in [-0.4, -0.2) is 12.9 Å². The number of hydrogen-bond donors (Lipinski definition) is 0. The zero-order chi connectivity index (χ0) is 13.1. The average Bonchev–Trinajstić information content (AvgIpc) is 2.27. The standard InChI is InChI=1S/C15H22O2/c1-6-7-13(16)11-8-9-14(17-5)12(10-11)15(2,3)4/h8-10H,6-7H2,1-5H3. The van der Waals surface area contributed by atoms with Crippen molar-refractivity contribution in [2.75, 3.05) is 7.11 Å². The lowest BCUT2D eigenvalue weighted by Gasteiger charge is -2.22. The Bertz CT molecular complexity index is 400. The van der Waals surface area contributed by atoms with Crippen molar-refractivity contribution in [3.05, 3.63) is 29.3 Å². The van der Waals surface area contributed by atoms with Crippen LogP contribution in [0.25, 0.3) is 0 Å². The fourth-order valence-corrected chi connectivity index (χ4v) is 1.84. The van der Waals surface area contributed by atoms with Crippen LogP contribution in [0.5, 0.6) is 5.75 Å². The molecule has 0 aliphatic heterocycles. The maximum atomic E-state index is 11.9. The van der Waals surface area contributed by atoms with Crippen molar-refractivity contribution in [2.45, 2.75) is 46.0 Å². The van der Waals surface area contributed by atoms with Gasteiger partial charge in [-0.15, -0.1) is 0 Å². The minimum atomic E-state index is -0.0200. The molecule has 1 rings (SSSR count). The predicted molar refractivity (Wildman–Crippen MR) is 70.9 cm³/mol. The molecule has 0 heterocycles. The molecule has 1 aromatic carbocycles. The first kappa shape index (κ1) is 13.8. The van der Waals surface area contributed by atoms with E-state index >= 15 is 0 Å². The van der Waals surface area contributed by atoms with Crippen LogP contribution in [0.2, 0.25) is 0 Å². The van der Waals surface area contributed by atoms with Crippen molar-refractivity contribution >= 4 is 5.78 Å². The highest BCUT2D eigenvalue weighted by Crippen LogP contribution is 2.32. The second kappa shape index (κ2) is 5.35. The monoisotopic (exact) mass is 234 g/mol. The van der Waals surface area contributed by atoms with E-state index in [-0.39, 0.29) is 11.2 Å². The van der Waals surface area contributed by atoms with Gasteiger partial charge in [-0.05, 0) is 30.0 Å². The highest BCUT2D eigenvalue weighted by Gasteiger charge is 2.20. The van der Waals surface area contributed by atoms with Crippen LogP contribution >= 0.6 is 0 Å². The molecular formula is C15H22O2. The molecular weight excluding hydrogens is 212 g/mol. The summed E-state index contributed by atoms with van der Waals surface area (Å²) in [6.45, 7) is 8.39. The molecule has 1 aromatic rings. The molecule has 0 bridgehead atoms. The molecule has 17 heavy (non-hydrogen) atoms. The number of benzene rings is 1. The molecule has 0 aromatic heterocycles. The van der Waals surface area contributed by atoms with Crippen LogP contribution in [0.3, 0.4) is 0 Å². The first-order chi connectivity index (χ1) is 7.90. The van der Waals surface area contributed by atoms with Crippen LogP contribution in [0.15, 0.2) is 18.2 Å². The molecule has 0 aliphatic rings. The van der Waals surface area contributed by atoms with Crippen LogP contribution in [-0.2, 0) is 5.41 Å². The summed E-state index contributed by atoms with van der Waals surface area (Å²) in [6.07, 6.45) is 1.49. The van der Waals surface area contributed by atoms with Crippen molar-refractivity contribution in [2.24, 2.45) is 0 Å². The minimum absolute atomic E-state index is 0.0200. The van der Waals surface area contributed by atoms with Gasteiger partial charge in [-0.3, -0.25) is 4.79 Å². The molecule has 0 atom stereocenters. The van der Waals surface area contributed by atoms with Crippen molar-refractivity contribution in [3.8, 4) is 5.75 Å². The summed E-state index contributed by atoms with van der Waals surface area (Å²) < 4.78 is 5.36. The Morgan fingerprint density at radius 2 is 1.94 bits per heavy atom. The van der Waals surface area contributed by atoms with Crippen molar-refractivity contribution in [1.82, 2.24) is 0 Å². The van der Waals surface area contributed by atoms with Crippen LogP contribution in [0.1, 0.15) is 56.5 Å². The highest BCUT2D eigenvalue weighted by molar-refractivity contribution is 5.96. The number of rotatable bonds is 4. The van der Waals surface area contributed by atoms with Gasteiger partial charge < -0.3 is 4.74 Å². The fourth-order valence-electron chi connectivity index (χ4n) is 1.84. The molecule has 0 N–H and O–H groups in total. The van der Waals surface area contributed by atoms with Gasteiger partial charge in [-0.1, -0.05) is 27.7 Å². The third-order valence-electron chi connectivity index (χ3n) is 2.81. The van der Waals surface area contributed by atoms with E-state index < -0.39 is 0 Å². The van der Waals surface area contributed by atoms with E-state index in [1.54, 1.807) is 7.11 Å². The molecule has 0 saturated heterocycles. The Morgan fingerprint density at radius 1 is 1.29 bits per heavy atom. The Kier molecular flexibility index (Phi) is 4.33. The summed E-state index contributed by atoms with van der Waals surface area (Å²) in [6, 6.07) is 5.71. The largest absolute Gasteiger partial charge is 0.496 e. The summed E-state index contributed by atoms with van der Waals surface area (Å²) in [7, 11) is 1.66. The SMILES string of the molecule is CCCC(=O)c1ccc(OC)c(C(C)(C)C)c1. The molecule has 94 valence electrons. The first-order valence-electron chi connectivity index (χ1n) is 6.12. The molecule has 0 radical (unpaired) electrons. The number of carbonyl (C=O) groups is 1. The smallest absolute Gasteiger partial charge is 0.162 e. The van der Waals surface area contributed by atoms with Crippen LogP contribution in [0.4, 0.5) is 0 Å². The summed E-state index contributed by atoms with van der Waals surface area (Å²) in [5, 5.41) is 0. The van der Waals surface area contributed by atoms with Crippen LogP contribution < -0.4 is 4.74 Å². The summed E-state index contributed by atoms with van der Waals surface area (Å²) in [5.74, 6) is 1.06. The minimum Gasteiger partial charge on any atom is -0.496 e. The van der Waals surface area contributed by atoms with Gasteiger partial charge in [0.25, 0.3) is 0 Å². The van der Waals surface area contributed by atoms with E-state index in [2.05, 4.69) is 20.8 Å². The van der Waals surface area contributed by atoms with Gasteiger partial charge in [-0.25, -0.2) is 0 Å². The van der Waals surface area contributed by atoms with Gasteiger partial charge in [0.05, 0.1) is 7.11 Å². The van der Waals surface area contributed by atoms with Gasteiger partial charge in [0.2, 0.25) is 0 Å². The summed E-state index contributed by atoms with van der Waals surface area (Å²) >= 11 is 0. The van der Waals surface area contributed by atoms with Gasteiger partial charge in [-0.2, -0.15) is 0 Å². The lowest BCUT2D eigenvalue weighted by Crippen LogP contribution is -2.14. The molecule has 0 fully saturated rings. The van der Waals surface area contributed by atoms with Gasteiger partial charge in [0.15, 0.2) is 5.78 Å². The topological polar surface area (TPSA) is 26.3 Å². The van der Waals surface area contributed by atoms with E-state index in [1.165, 1.54) is 0 Å². The molecule has 2 heteroatoms. The van der Waals surface area contributed by atoms with Crippen molar-refractivity contribution in [3.63, 3.8) is 0 Å². The number of Topliss-reactive ketones (excluding diaryl/α,β-unsaturated/α-hetero) is 1. The highest BCUT2D eigenvalue weighted by atomic mass is 16.5. The normalized spacial score (nSPS) is 11.4. The number of hydrogen-bond acceptors (Lipinski definition) is 2. The average molecular weight is 234 g/mol. The van der Waals surface area contributed by atoms with E-state index in [0.29, 0.717) is 6.42 Å². The van der Waals surface area contributed by atoms with E-state index in [9.17, 15) is 4.79 Å². The second-order valence-electron chi connectivity index (χ2n) is 5.34. The third-order valence-corrected chi connectivity index (χ3v) is 2.81. The molecule has 2 nitrogen and oxygen atoms in total. The quantitative estimate of drug-likeness (QED) is 0.737.